The van der Waals surface area contributed by atoms with E-state index in [0.29, 0.717) is 29.2 Å². The molecule has 0 aliphatic rings. The molecule has 0 N–H and O–H groups in total. The van der Waals surface area contributed by atoms with Gasteiger partial charge in [-0.15, -0.1) is 0 Å². The Morgan fingerprint density at radius 1 is 0.720 bits per heavy atom. The van der Waals surface area contributed by atoms with Gasteiger partial charge in [-0.05, 0) is 116 Å². The molecule has 0 aliphatic heterocycles. The third-order valence-corrected chi connectivity index (χ3v) is 9.70. The molecule has 0 atom stereocenters. The Bertz CT molecular complexity index is 2280. The van der Waals surface area contributed by atoms with E-state index >= 15 is 0 Å². The normalized spacial score (nSPS) is 11.8. The number of pyridine rings is 1. The zero-order valence-corrected chi connectivity index (χ0v) is 29.9. The Morgan fingerprint density at radius 2 is 1.42 bits per heavy atom. The van der Waals surface area contributed by atoms with Crippen molar-refractivity contribution in [1.29, 1.82) is 0 Å². The van der Waals surface area contributed by atoms with Gasteiger partial charge in [-0.3, -0.25) is 4.57 Å². The molecule has 4 aromatic carbocycles. The maximum absolute atomic E-state index is 14.3. The van der Waals surface area contributed by atoms with E-state index in [1.54, 1.807) is 0 Å². The number of benzene rings is 4. The first-order valence-corrected chi connectivity index (χ1v) is 17.8. The van der Waals surface area contributed by atoms with Crippen molar-refractivity contribution in [1.82, 2.24) is 19.3 Å². The van der Waals surface area contributed by atoms with Crippen LogP contribution in [0.4, 0.5) is 4.39 Å². The highest BCUT2D eigenvalue weighted by Gasteiger charge is 2.19. The highest BCUT2D eigenvalue weighted by Crippen LogP contribution is 2.37. The standard InChI is InChI=1S/C44H45FN4O/c1-28(2)14-17-37-30(5)22-31(6)38(18-15-29(3)4)44(37)32-26-47-48(27-32)34-10-9-11-35(24-34)50-36-16-19-40-39-12-7-8-13-41(39)49(42(40)25-36)43-23-33(45)20-21-46-43/h7-13,16,19-29H,14-15,17-18H2,1-6H3. The van der Waals surface area contributed by atoms with Crippen LogP contribution in [0.5, 0.6) is 11.5 Å². The van der Waals surface area contributed by atoms with Crippen molar-refractivity contribution in [2.24, 2.45) is 11.8 Å². The van der Waals surface area contributed by atoms with Crippen LogP contribution in [-0.2, 0) is 12.8 Å². The van der Waals surface area contributed by atoms with Crippen molar-refractivity contribution >= 4 is 21.8 Å². The molecule has 6 heteroatoms. The van der Waals surface area contributed by atoms with Crippen molar-refractivity contribution in [2.45, 2.75) is 67.2 Å². The molecular formula is C44H45FN4O. The number of aromatic nitrogens is 4. The SMILES string of the molecule is Cc1cc(C)c(CCC(C)C)c(-c2cnn(-c3cccc(Oc4ccc5c6ccccc6n(-c6cc(F)ccn6)c5c4)c3)c2)c1CCC(C)C. The van der Waals surface area contributed by atoms with Crippen LogP contribution in [0, 0.1) is 31.5 Å². The lowest BCUT2D eigenvalue weighted by Crippen LogP contribution is -2.05. The molecule has 0 spiro atoms. The first-order valence-electron chi connectivity index (χ1n) is 17.8. The predicted molar refractivity (Wildman–Crippen MR) is 203 cm³/mol. The number of nitrogens with zero attached hydrogens (tertiary/aromatic N) is 4. The molecule has 0 aliphatic carbocycles. The van der Waals surface area contributed by atoms with Gasteiger partial charge in [0.15, 0.2) is 0 Å². The number of para-hydroxylation sites is 1. The molecule has 254 valence electrons. The zero-order chi connectivity index (χ0) is 34.9. The van der Waals surface area contributed by atoms with E-state index in [1.807, 2.05) is 64.0 Å². The molecule has 0 fully saturated rings. The number of hydrogen-bond donors (Lipinski definition) is 0. The van der Waals surface area contributed by atoms with E-state index in [0.717, 1.165) is 58.7 Å². The molecule has 0 saturated heterocycles. The fraction of sp³-hybridized carbons (Fsp3) is 0.273. The van der Waals surface area contributed by atoms with Crippen molar-refractivity contribution < 1.29 is 9.13 Å². The summed E-state index contributed by atoms with van der Waals surface area (Å²) in [4.78, 5) is 4.49. The second-order valence-electron chi connectivity index (χ2n) is 14.3. The molecule has 7 aromatic rings. The fourth-order valence-corrected chi connectivity index (χ4v) is 7.13. The van der Waals surface area contributed by atoms with Crippen LogP contribution in [0.1, 0.15) is 62.8 Å². The highest BCUT2D eigenvalue weighted by atomic mass is 19.1. The van der Waals surface area contributed by atoms with Crippen LogP contribution >= 0.6 is 0 Å². The number of halogens is 1. The molecule has 0 bridgehead atoms. The van der Waals surface area contributed by atoms with Crippen molar-refractivity contribution in [3.8, 4) is 34.1 Å². The largest absolute Gasteiger partial charge is 0.457 e. The summed E-state index contributed by atoms with van der Waals surface area (Å²) in [6.07, 6.45) is 10.1. The summed E-state index contributed by atoms with van der Waals surface area (Å²) in [7, 11) is 0. The number of ether oxygens (including phenoxy) is 1. The van der Waals surface area contributed by atoms with Gasteiger partial charge in [0.25, 0.3) is 0 Å². The fourth-order valence-electron chi connectivity index (χ4n) is 7.13. The third kappa shape index (κ3) is 6.67. The minimum absolute atomic E-state index is 0.331. The van der Waals surface area contributed by atoms with Crippen LogP contribution in [0.3, 0.4) is 0 Å². The predicted octanol–water partition coefficient (Wildman–Crippen LogP) is 11.8. The van der Waals surface area contributed by atoms with E-state index in [9.17, 15) is 4.39 Å². The monoisotopic (exact) mass is 664 g/mol. The molecule has 0 radical (unpaired) electrons. The second-order valence-corrected chi connectivity index (χ2v) is 14.3. The third-order valence-electron chi connectivity index (χ3n) is 9.70. The van der Waals surface area contributed by atoms with Gasteiger partial charge in [0.1, 0.15) is 23.1 Å². The van der Waals surface area contributed by atoms with Crippen molar-refractivity contribution in [2.75, 3.05) is 0 Å². The number of hydrogen-bond acceptors (Lipinski definition) is 3. The molecule has 50 heavy (non-hydrogen) atoms. The summed E-state index contributed by atoms with van der Waals surface area (Å²) in [5, 5.41) is 7.00. The first-order chi connectivity index (χ1) is 24.2. The van der Waals surface area contributed by atoms with E-state index < -0.39 is 0 Å². The average molecular weight is 665 g/mol. The van der Waals surface area contributed by atoms with Crippen molar-refractivity contribution in [3.05, 3.63) is 132 Å². The Labute approximate surface area is 294 Å². The molecule has 0 saturated carbocycles. The summed E-state index contributed by atoms with van der Waals surface area (Å²) >= 11 is 0. The topological polar surface area (TPSA) is 44.9 Å². The summed E-state index contributed by atoms with van der Waals surface area (Å²) in [6.45, 7) is 13.7. The Hall–Kier alpha value is -5.23. The summed E-state index contributed by atoms with van der Waals surface area (Å²) < 4.78 is 24.7. The summed E-state index contributed by atoms with van der Waals surface area (Å²) in [5.74, 6) is 2.84. The first kappa shape index (κ1) is 33.3. The van der Waals surface area contributed by atoms with Gasteiger partial charge in [-0.1, -0.05) is 58.0 Å². The number of rotatable bonds is 11. The van der Waals surface area contributed by atoms with E-state index in [4.69, 9.17) is 9.84 Å². The Kier molecular flexibility index (Phi) is 9.28. The highest BCUT2D eigenvalue weighted by molar-refractivity contribution is 6.09. The minimum atomic E-state index is -0.331. The quantitative estimate of drug-likeness (QED) is 0.138. The van der Waals surface area contributed by atoms with Gasteiger partial charge in [0, 0.05) is 46.9 Å². The van der Waals surface area contributed by atoms with E-state index in [1.165, 1.54) is 46.1 Å². The maximum atomic E-state index is 14.3. The van der Waals surface area contributed by atoms with Crippen LogP contribution in [0.15, 0.2) is 104 Å². The smallest absolute Gasteiger partial charge is 0.140 e. The van der Waals surface area contributed by atoms with Gasteiger partial charge in [-0.25, -0.2) is 14.1 Å². The molecule has 3 aromatic heterocycles. The number of fused-ring (bicyclic) bond motifs is 3. The molecule has 7 rings (SSSR count). The molecule has 5 nitrogen and oxygen atoms in total. The van der Waals surface area contributed by atoms with Crippen LogP contribution in [0.2, 0.25) is 0 Å². The average Bonchev–Trinajstić information content (AvgIpc) is 3.70. The second kappa shape index (κ2) is 13.9. The van der Waals surface area contributed by atoms with Gasteiger partial charge >= 0.3 is 0 Å². The molecule has 0 amide bonds. The van der Waals surface area contributed by atoms with Gasteiger partial charge in [0.2, 0.25) is 0 Å². The lowest BCUT2D eigenvalue weighted by atomic mass is 9.84. The zero-order valence-electron chi connectivity index (χ0n) is 29.9. The molecule has 0 unspecified atom stereocenters. The van der Waals surface area contributed by atoms with Crippen LogP contribution in [0.25, 0.3) is 44.4 Å². The molecular weight excluding hydrogens is 620 g/mol. The minimum Gasteiger partial charge on any atom is -0.457 e. The Morgan fingerprint density at radius 3 is 2.14 bits per heavy atom. The van der Waals surface area contributed by atoms with E-state index in [2.05, 4.69) is 77.0 Å². The van der Waals surface area contributed by atoms with Gasteiger partial charge < -0.3 is 4.74 Å². The van der Waals surface area contributed by atoms with Gasteiger partial charge in [-0.2, -0.15) is 5.10 Å². The summed E-state index contributed by atoms with van der Waals surface area (Å²) in [5.41, 5.74) is 10.9. The molecule has 3 heterocycles. The maximum Gasteiger partial charge on any atom is 0.140 e. The van der Waals surface area contributed by atoms with Crippen molar-refractivity contribution in [3.63, 3.8) is 0 Å². The number of aryl methyl sites for hydroxylation is 2. The van der Waals surface area contributed by atoms with Gasteiger partial charge in [0.05, 0.1) is 22.9 Å². The lowest BCUT2D eigenvalue weighted by molar-refractivity contribution is 0.483. The van der Waals surface area contributed by atoms with Crippen LogP contribution in [-0.4, -0.2) is 19.3 Å². The van der Waals surface area contributed by atoms with E-state index in [-0.39, 0.29) is 5.82 Å². The lowest BCUT2D eigenvalue weighted by Gasteiger charge is -2.21. The summed E-state index contributed by atoms with van der Waals surface area (Å²) in [6, 6.07) is 27.4. The Balaban J connectivity index is 1.24. The van der Waals surface area contributed by atoms with Crippen LogP contribution < -0.4 is 4.74 Å².